The third-order valence-corrected chi connectivity index (χ3v) is 6.79. The molecule has 1 aromatic carbocycles. The standard InChI is InChI=1S/C19H25ClS/c1-19(2,3)14-10-8-13(9-11-14)18(20)16-12-21-17-7-5-4-6-15(16)17/h4-7,12-14,18H,8-11H2,1-3H3. The summed E-state index contributed by atoms with van der Waals surface area (Å²) in [6, 6.07) is 8.65. The van der Waals surface area contributed by atoms with Crippen molar-refractivity contribution in [3.63, 3.8) is 0 Å². The molecule has 0 amide bonds. The van der Waals surface area contributed by atoms with Crippen molar-refractivity contribution in [2.45, 2.75) is 51.8 Å². The highest BCUT2D eigenvalue weighted by molar-refractivity contribution is 7.17. The number of halogens is 1. The van der Waals surface area contributed by atoms with Gasteiger partial charge in [-0.25, -0.2) is 0 Å². The second-order valence-electron chi connectivity index (χ2n) is 7.57. The van der Waals surface area contributed by atoms with E-state index < -0.39 is 0 Å². The van der Waals surface area contributed by atoms with Gasteiger partial charge in [0.05, 0.1) is 5.38 Å². The van der Waals surface area contributed by atoms with Crippen LogP contribution < -0.4 is 0 Å². The van der Waals surface area contributed by atoms with Crippen molar-refractivity contribution in [2.75, 3.05) is 0 Å². The average Bonchev–Trinajstić information content (AvgIpc) is 2.90. The molecule has 1 heterocycles. The van der Waals surface area contributed by atoms with Gasteiger partial charge in [-0.05, 0) is 65.3 Å². The molecule has 3 rings (SSSR count). The minimum absolute atomic E-state index is 0.182. The van der Waals surface area contributed by atoms with E-state index in [9.17, 15) is 0 Å². The van der Waals surface area contributed by atoms with Crippen LogP contribution in [0.4, 0.5) is 0 Å². The maximum absolute atomic E-state index is 6.87. The number of hydrogen-bond donors (Lipinski definition) is 0. The molecule has 0 spiro atoms. The molecule has 0 nitrogen and oxygen atoms in total. The van der Waals surface area contributed by atoms with Gasteiger partial charge in [0.25, 0.3) is 0 Å². The summed E-state index contributed by atoms with van der Waals surface area (Å²) in [5, 5.41) is 3.82. The molecule has 1 aliphatic rings. The predicted molar refractivity (Wildman–Crippen MR) is 95.3 cm³/mol. The highest BCUT2D eigenvalue weighted by Crippen LogP contribution is 2.47. The summed E-state index contributed by atoms with van der Waals surface area (Å²) in [6.45, 7) is 7.13. The molecule has 0 saturated heterocycles. The average molecular weight is 321 g/mol. The van der Waals surface area contributed by atoms with E-state index in [1.165, 1.54) is 41.3 Å². The molecule has 114 valence electrons. The molecule has 0 aliphatic heterocycles. The number of alkyl halides is 1. The lowest BCUT2D eigenvalue weighted by atomic mass is 9.69. The Labute approximate surface area is 137 Å². The van der Waals surface area contributed by atoms with Crippen LogP contribution in [0.15, 0.2) is 29.6 Å². The number of thiophene rings is 1. The predicted octanol–water partition coefficient (Wildman–Crippen LogP) is 7.03. The van der Waals surface area contributed by atoms with Crippen LogP contribution in [0.2, 0.25) is 0 Å². The maximum Gasteiger partial charge on any atom is 0.0627 e. The first-order chi connectivity index (χ1) is 9.97. The van der Waals surface area contributed by atoms with Gasteiger partial charge in [0.1, 0.15) is 0 Å². The van der Waals surface area contributed by atoms with E-state index in [4.69, 9.17) is 11.6 Å². The quantitative estimate of drug-likeness (QED) is 0.521. The molecular formula is C19H25ClS. The smallest absolute Gasteiger partial charge is 0.0627 e. The minimum atomic E-state index is 0.182. The lowest BCUT2D eigenvalue weighted by Gasteiger charge is -2.38. The molecule has 1 aromatic heterocycles. The summed E-state index contributed by atoms with van der Waals surface area (Å²) in [7, 11) is 0. The van der Waals surface area contributed by atoms with Crippen LogP contribution in [0.1, 0.15) is 57.4 Å². The Morgan fingerprint density at radius 2 is 1.76 bits per heavy atom. The van der Waals surface area contributed by atoms with Crippen LogP contribution in [0.25, 0.3) is 10.1 Å². The molecular weight excluding hydrogens is 296 g/mol. The van der Waals surface area contributed by atoms with Gasteiger partial charge in [-0.3, -0.25) is 0 Å². The summed E-state index contributed by atoms with van der Waals surface area (Å²) in [5.74, 6) is 1.50. The second-order valence-corrected chi connectivity index (χ2v) is 8.95. The topological polar surface area (TPSA) is 0 Å². The van der Waals surface area contributed by atoms with Gasteiger partial charge in [-0.1, -0.05) is 39.0 Å². The summed E-state index contributed by atoms with van der Waals surface area (Å²) >= 11 is 8.70. The van der Waals surface area contributed by atoms with Crippen LogP contribution in [-0.4, -0.2) is 0 Å². The largest absolute Gasteiger partial charge is 0.143 e. The van der Waals surface area contributed by atoms with Crippen molar-refractivity contribution in [1.29, 1.82) is 0 Å². The summed E-state index contributed by atoms with van der Waals surface area (Å²) in [6.07, 6.45) is 5.22. The molecule has 1 saturated carbocycles. The number of hydrogen-bond acceptors (Lipinski definition) is 1. The SMILES string of the molecule is CC(C)(C)C1CCC(C(Cl)c2csc3ccccc23)CC1. The molecule has 2 aromatic rings. The summed E-state index contributed by atoms with van der Waals surface area (Å²) < 4.78 is 1.36. The third-order valence-electron chi connectivity index (χ3n) is 5.22. The van der Waals surface area contributed by atoms with Gasteiger partial charge in [-0.2, -0.15) is 0 Å². The van der Waals surface area contributed by atoms with Crippen LogP contribution >= 0.6 is 22.9 Å². The van der Waals surface area contributed by atoms with Gasteiger partial charge < -0.3 is 0 Å². The van der Waals surface area contributed by atoms with Crippen molar-refractivity contribution in [1.82, 2.24) is 0 Å². The highest BCUT2D eigenvalue weighted by atomic mass is 35.5. The van der Waals surface area contributed by atoms with Crippen LogP contribution in [0, 0.1) is 17.3 Å². The molecule has 0 radical (unpaired) electrons. The van der Waals surface area contributed by atoms with Crippen LogP contribution in [0.5, 0.6) is 0 Å². The van der Waals surface area contributed by atoms with Crippen molar-refractivity contribution in [3.05, 3.63) is 35.2 Å². The first kappa shape index (κ1) is 15.4. The molecule has 1 unspecified atom stereocenters. The van der Waals surface area contributed by atoms with E-state index in [-0.39, 0.29) is 5.38 Å². The van der Waals surface area contributed by atoms with Gasteiger partial charge in [0, 0.05) is 4.70 Å². The van der Waals surface area contributed by atoms with Crippen molar-refractivity contribution >= 4 is 33.0 Å². The van der Waals surface area contributed by atoms with E-state index >= 15 is 0 Å². The Morgan fingerprint density at radius 3 is 2.43 bits per heavy atom. The number of fused-ring (bicyclic) bond motifs is 1. The monoisotopic (exact) mass is 320 g/mol. The van der Waals surface area contributed by atoms with Gasteiger partial charge >= 0.3 is 0 Å². The van der Waals surface area contributed by atoms with E-state index in [2.05, 4.69) is 50.4 Å². The lowest BCUT2D eigenvalue weighted by Crippen LogP contribution is -2.27. The van der Waals surface area contributed by atoms with E-state index in [0.29, 0.717) is 11.3 Å². The Morgan fingerprint density at radius 1 is 1.10 bits per heavy atom. The molecule has 1 atom stereocenters. The second kappa shape index (κ2) is 5.93. The fourth-order valence-electron chi connectivity index (χ4n) is 3.74. The van der Waals surface area contributed by atoms with Crippen molar-refractivity contribution in [2.24, 2.45) is 17.3 Å². The van der Waals surface area contributed by atoms with E-state index in [1.807, 2.05) is 11.3 Å². The Bertz CT molecular complexity index is 599. The summed E-state index contributed by atoms with van der Waals surface area (Å²) in [5.41, 5.74) is 1.80. The molecule has 0 N–H and O–H groups in total. The molecule has 2 heteroatoms. The van der Waals surface area contributed by atoms with Gasteiger partial charge in [0.15, 0.2) is 0 Å². The number of benzene rings is 1. The van der Waals surface area contributed by atoms with Crippen molar-refractivity contribution < 1.29 is 0 Å². The van der Waals surface area contributed by atoms with Crippen LogP contribution in [-0.2, 0) is 0 Å². The van der Waals surface area contributed by atoms with E-state index in [1.54, 1.807) is 0 Å². The zero-order valence-electron chi connectivity index (χ0n) is 13.2. The summed E-state index contributed by atoms with van der Waals surface area (Å²) in [4.78, 5) is 0. The van der Waals surface area contributed by atoms with Crippen LogP contribution in [0.3, 0.4) is 0 Å². The highest BCUT2D eigenvalue weighted by Gasteiger charge is 2.33. The normalized spacial score (nSPS) is 25.1. The maximum atomic E-state index is 6.87. The number of rotatable bonds is 2. The molecule has 21 heavy (non-hydrogen) atoms. The fourth-order valence-corrected chi connectivity index (χ4v) is 5.25. The minimum Gasteiger partial charge on any atom is -0.143 e. The zero-order chi connectivity index (χ0) is 15.0. The van der Waals surface area contributed by atoms with Gasteiger partial charge in [0.2, 0.25) is 0 Å². The Kier molecular flexibility index (Phi) is 4.34. The lowest BCUT2D eigenvalue weighted by molar-refractivity contribution is 0.148. The van der Waals surface area contributed by atoms with Gasteiger partial charge in [-0.15, -0.1) is 22.9 Å². The Hall–Kier alpha value is -0.530. The first-order valence-corrected chi connectivity index (χ1v) is 9.38. The third kappa shape index (κ3) is 3.14. The molecule has 0 bridgehead atoms. The first-order valence-electron chi connectivity index (χ1n) is 8.07. The zero-order valence-corrected chi connectivity index (χ0v) is 14.8. The van der Waals surface area contributed by atoms with Crippen molar-refractivity contribution in [3.8, 4) is 0 Å². The van der Waals surface area contributed by atoms with E-state index in [0.717, 1.165) is 5.92 Å². The molecule has 1 aliphatic carbocycles. The fraction of sp³-hybridized carbons (Fsp3) is 0.579. The molecule has 1 fully saturated rings. The Balaban J connectivity index is 1.74.